The Labute approximate surface area is 209 Å². The van der Waals surface area contributed by atoms with Crippen LogP contribution in [0.3, 0.4) is 0 Å². The van der Waals surface area contributed by atoms with Gasteiger partial charge in [-0.1, -0.05) is 6.07 Å². The van der Waals surface area contributed by atoms with Crippen molar-refractivity contribution in [1.82, 2.24) is 19.9 Å². The van der Waals surface area contributed by atoms with Crippen molar-refractivity contribution in [1.29, 1.82) is 0 Å². The fourth-order valence-corrected chi connectivity index (χ4v) is 5.38. The molecule has 10 heteroatoms. The monoisotopic (exact) mass is 504 g/mol. The molecule has 3 aromatic heterocycles. The number of nitrogens with one attached hydrogen (secondary N) is 2. The maximum Gasteiger partial charge on any atom is 0.229 e. The first kappa shape index (κ1) is 23.0. The molecule has 1 aliphatic heterocycles. The number of benzene rings is 1. The van der Waals surface area contributed by atoms with Crippen LogP contribution in [0.1, 0.15) is 29.2 Å². The van der Waals surface area contributed by atoms with Crippen LogP contribution in [0.15, 0.2) is 85.3 Å². The number of nitrogens with zero attached hydrogens (tertiary/aromatic N) is 4. The van der Waals surface area contributed by atoms with Crippen molar-refractivity contribution in [3.05, 3.63) is 102 Å². The maximum atomic E-state index is 11.6. The van der Waals surface area contributed by atoms with E-state index in [0.717, 1.165) is 34.7 Å². The minimum atomic E-state index is -3.37. The van der Waals surface area contributed by atoms with Crippen LogP contribution in [0.4, 0.5) is 11.4 Å². The number of pyridine rings is 2. The molecule has 0 amide bonds. The van der Waals surface area contributed by atoms with Crippen LogP contribution in [0, 0.1) is 6.92 Å². The molecule has 178 valence electrons. The summed E-state index contributed by atoms with van der Waals surface area (Å²) >= 11 is 5.82. The largest absolute Gasteiger partial charge is 0.351 e. The lowest BCUT2D eigenvalue weighted by atomic mass is 10.0. The lowest BCUT2D eigenvalue weighted by Gasteiger charge is -2.29. The Hall–Kier alpha value is -3.76. The highest BCUT2D eigenvalue weighted by Gasteiger charge is 2.42. The Morgan fingerprint density at radius 2 is 1.77 bits per heavy atom. The number of hydrogen-bond donors (Lipinski definition) is 2. The zero-order valence-corrected chi connectivity index (χ0v) is 20.8. The number of anilines is 2. The quantitative estimate of drug-likeness (QED) is 0.382. The number of aromatic nitrogens is 3. The van der Waals surface area contributed by atoms with Gasteiger partial charge in [0, 0.05) is 35.2 Å². The van der Waals surface area contributed by atoms with Gasteiger partial charge in [0.25, 0.3) is 0 Å². The van der Waals surface area contributed by atoms with Crippen molar-refractivity contribution in [2.45, 2.75) is 19.0 Å². The maximum absolute atomic E-state index is 11.6. The van der Waals surface area contributed by atoms with Gasteiger partial charge in [-0.05, 0) is 79.8 Å². The molecule has 0 saturated carbocycles. The normalized spacial score (nSPS) is 17.9. The Balaban J connectivity index is 1.63. The Bertz CT molecular complexity index is 1460. The average Bonchev–Trinajstić information content (AvgIpc) is 3.39. The first-order valence-electron chi connectivity index (χ1n) is 11.0. The first-order chi connectivity index (χ1) is 16.8. The second kappa shape index (κ2) is 9.12. The van der Waals surface area contributed by atoms with Gasteiger partial charge in [-0.25, -0.2) is 8.42 Å². The zero-order valence-electron chi connectivity index (χ0n) is 19.2. The van der Waals surface area contributed by atoms with Gasteiger partial charge in [0.1, 0.15) is 6.04 Å². The zero-order chi connectivity index (χ0) is 24.6. The summed E-state index contributed by atoms with van der Waals surface area (Å²) in [5, 5.41) is 4.02. The topological polar surface area (TPSA) is 92.2 Å². The molecule has 8 nitrogen and oxygen atoms in total. The molecular weight excluding hydrogens is 480 g/mol. The van der Waals surface area contributed by atoms with Gasteiger partial charge in [0.2, 0.25) is 10.0 Å². The van der Waals surface area contributed by atoms with E-state index in [2.05, 4.69) is 48.5 Å². The number of rotatable bonds is 6. The molecule has 0 bridgehead atoms. The summed E-state index contributed by atoms with van der Waals surface area (Å²) in [6.07, 6.45) is 6.49. The molecule has 5 rings (SSSR count). The second-order valence-electron chi connectivity index (χ2n) is 8.36. The molecule has 4 heterocycles. The Kier molecular flexibility index (Phi) is 6.00. The molecule has 1 saturated heterocycles. The van der Waals surface area contributed by atoms with E-state index < -0.39 is 10.0 Å². The summed E-state index contributed by atoms with van der Waals surface area (Å²) in [5.74, 6) is 0. The van der Waals surface area contributed by atoms with Crippen molar-refractivity contribution in [3.8, 4) is 5.69 Å². The third kappa shape index (κ3) is 4.62. The molecular formula is C25H24N6O2S2. The fraction of sp³-hybridized carbons (Fsp3) is 0.160. The third-order valence-corrected chi connectivity index (χ3v) is 6.78. The molecule has 2 atom stereocenters. The van der Waals surface area contributed by atoms with Gasteiger partial charge in [0.05, 0.1) is 29.9 Å². The van der Waals surface area contributed by atoms with Gasteiger partial charge >= 0.3 is 0 Å². The van der Waals surface area contributed by atoms with E-state index in [9.17, 15) is 8.42 Å². The van der Waals surface area contributed by atoms with Crippen molar-refractivity contribution >= 4 is 38.7 Å². The third-order valence-electron chi connectivity index (χ3n) is 5.86. The lowest BCUT2D eigenvalue weighted by Crippen LogP contribution is -2.30. The molecule has 0 aliphatic carbocycles. The molecule has 2 N–H and O–H groups in total. The number of aryl methyl sites for hydroxylation is 1. The predicted octanol–water partition coefficient (Wildman–Crippen LogP) is 4.12. The van der Waals surface area contributed by atoms with Crippen LogP contribution >= 0.6 is 12.2 Å². The van der Waals surface area contributed by atoms with Gasteiger partial charge in [-0.2, -0.15) is 0 Å². The van der Waals surface area contributed by atoms with E-state index in [1.807, 2.05) is 48.7 Å². The van der Waals surface area contributed by atoms with Crippen LogP contribution in [0.2, 0.25) is 0 Å². The van der Waals surface area contributed by atoms with Crippen LogP contribution in [0.5, 0.6) is 0 Å². The summed E-state index contributed by atoms with van der Waals surface area (Å²) in [6.45, 7) is 2.06. The summed E-state index contributed by atoms with van der Waals surface area (Å²) in [6, 6.07) is 20.7. The predicted molar refractivity (Wildman–Crippen MR) is 141 cm³/mol. The van der Waals surface area contributed by atoms with E-state index in [1.54, 1.807) is 24.5 Å². The second-order valence-corrected chi connectivity index (χ2v) is 10.5. The molecule has 0 unspecified atom stereocenters. The standard InChI is InChI=1S/C25H24N6O2S2/c1-17-8-13-22(30(17)20-6-5-14-26-16-20)24-23(21-7-3-4-15-27-21)28-25(34)31(24)19-11-9-18(10-12-19)29-35(2,32)33/h3-16,23-24,29H,1-2H3,(H,28,34)/t23-,24-/m0/s1. The molecule has 1 aromatic carbocycles. The van der Waals surface area contributed by atoms with Crippen molar-refractivity contribution in [2.75, 3.05) is 15.9 Å². The highest BCUT2D eigenvalue weighted by Crippen LogP contribution is 2.42. The minimum absolute atomic E-state index is 0.206. The van der Waals surface area contributed by atoms with E-state index in [1.165, 1.54) is 0 Å². The highest BCUT2D eigenvalue weighted by molar-refractivity contribution is 7.92. The lowest BCUT2D eigenvalue weighted by molar-refractivity contribution is 0.548. The molecule has 1 fully saturated rings. The summed E-state index contributed by atoms with van der Waals surface area (Å²) in [4.78, 5) is 11.0. The molecule has 1 aliphatic rings. The van der Waals surface area contributed by atoms with Gasteiger partial charge in [0.15, 0.2) is 5.11 Å². The minimum Gasteiger partial charge on any atom is -0.351 e. The number of hydrogen-bond acceptors (Lipinski definition) is 5. The van der Waals surface area contributed by atoms with E-state index in [-0.39, 0.29) is 12.1 Å². The number of sulfonamides is 1. The van der Waals surface area contributed by atoms with E-state index in [0.29, 0.717) is 10.8 Å². The molecule has 0 spiro atoms. The van der Waals surface area contributed by atoms with Crippen LogP contribution in [-0.4, -0.2) is 34.3 Å². The van der Waals surface area contributed by atoms with E-state index in [4.69, 9.17) is 12.2 Å². The summed E-state index contributed by atoms with van der Waals surface area (Å²) in [5.41, 5.74) is 5.24. The molecule has 35 heavy (non-hydrogen) atoms. The Morgan fingerprint density at radius 3 is 2.43 bits per heavy atom. The smallest absolute Gasteiger partial charge is 0.229 e. The molecule has 4 aromatic rings. The van der Waals surface area contributed by atoms with Crippen molar-refractivity contribution < 1.29 is 8.42 Å². The summed E-state index contributed by atoms with van der Waals surface area (Å²) < 4.78 is 28.0. The highest BCUT2D eigenvalue weighted by atomic mass is 32.2. The van der Waals surface area contributed by atoms with Gasteiger partial charge < -0.3 is 14.8 Å². The average molecular weight is 505 g/mol. The first-order valence-corrected chi connectivity index (χ1v) is 13.3. The van der Waals surface area contributed by atoms with Crippen LogP contribution in [0.25, 0.3) is 5.69 Å². The SMILES string of the molecule is Cc1ccc([C@H]2[C@H](c3ccccn3)NC(=S)N2c2ccc(NS(C)(=O)=O)cc2)n1-c1cccnc1. The van der Waals surface area contributed by atoms with Crippen LogP contribution < -0.4 is 14.9 Å². The number of thiocarbonyl (C=S) groups is 1. The van der Waals surface area contributed by atoms with Crippen molar-refractivity contribution in [2.24, 2.45) is 0 Å². The van der Waals surface area contributed by atoms with Gasteiger partial charge in [-0.3, -0.25) is 14.7 Å². The van der Waals surface area contributed by atoms with Crippen molar-refractivity contribution in [3.63, 3.8) is 0 Å². The Morgan fingerprint density at radius 1 is 0.971 bits per heavy atom. The summed E-state index contributed by atoms with van der Waals surface area (Å²) in [7, 11) is -3.37. The fourth-order valence-electron chi connectivity index (χ4n) is 4.47. The van der Waals surface area contributed by atoms with Gasteiger partial charge in [-0.15, -0.1) is 0 Å². The van der Waals surface area contributed by atoms with E-state index >= 15 is 0 Å². The van der Waals surface area contributed by atoms with Crippen LogP contribution in [-0.2, 0) is 10.0 Å². The molecule has 0 radical (unpaired) electrons.